The highest BCUT2D eigenvalue weighted by molar-refractivity contribution is 6.05. The lowest BCUT2D eigenvalue weighted by molar-refractivity contribution is -0.157. The van der Waals surface area contributed by atoms with Crippen LogP contribution in [0.15, 0.2) is 48.5 Å². The summed E-state index contributed by atoms with van der Waals surface area (Å²) in [7, 11) is 0. The molecule has 0 saturated carbocycles. The summed E-state index contributed by atoms with van der Waals surface area (Å²) in [5.41, 5.74) is 0.849. The van der Waals surface area contributed by atoms with Gasteiger partial charge in [-0.1, -0.05) is 38.1 Å². The van der Waals surface area contributed by atoms with E-state index in [4.69, 9.17) is 0 Å². The molecule has 2 aromatic carbocycles. The van der Waals surface area contributed by atoms with Gasteiger partial charge in [-0.05, 0) is 35.7 Å². The van der Waals surface area contributed by atoms with E-state index >= 15 is 0 Å². The Hall–Kier alpha value is -2.94. The van der Waals surface area contributed by atoms with E-state index in [0.29, 0.717) is 10.5 Å². The SMILES string of the molecule is CC(C)[C@@H](NCC(=O)N1c2ccccc2NC(=O)C[C@H]1C(F)(F)F)c1ccc(F)cc1. The molecule has 1 aliphatic rings. The fourth-order valence-electron chi connectivity index (χ4n) is 3.69. The predicted molar refractivity (Wildman–Crippen MR) is 109 cm³/mol. The topological polar surface area (TPSA) is 61.4 Å². The molecular formula is C22H23F4N3O2. The first-order chi connectivity index (χ1) is 14.6. The van der Waals surface area contributed by atoms with Crippen molar-refractivity contribution in [2.45, 2.75) is 38.5 Å². The second-order valence-electron chi connectivity index (χ2n) is 7.74. The standard InChI is InChI=1S/C22H23F4N3O2/c1-13(2)21(14-7-9-15(23)10-8-14)27-12-20(31)29-17-6-4-3-5-16(17)28-19(30)11-18(29)22(24,25)26/h3-10,13,18,21,27H,11-12H2,1-2H3,(H,28,30)/t18-,21+/m0/s1. The van der Waals surface area contributed by atoms with Crippen LogP contribution < -0.4 is 15.5 Å². The van der Waals surface area contributed by atoms with Crippen LogP contribution in [0.3, 0.4) is 0 Å². The van der Waals surface area contributed by atoms with Crippen LogP contribution in [0.25, 0.3) is 0 Å². The van der Waals surface area contributed by atoms with Crippen molar-refractivity contribution in [3.05, 3.63) is 59.9 Å². The molecule has 0 fully saturated rings. The van der Waals surface area contributed by atoms with E-state index < -0.39 is 42.8 Å². The van der Waals surface area contributed by atoms with Gasteiger partial charge in [0.15, 0.2) is 0 Å². The number of carbonyl (C=O) groups excluding carboxylic acids is 2. The fraction of sp³-hybridized carbons (Fsp3) is 0.364. The summed E-state index contributed by atoms with van der Waals surface area (Å²) in [6.45, 7) is 3.37. The minimum atomic E-state index is -4.79. The Morgan fingerprint density at radius 1 is 1.16 bits per heavy atom. The first-order valence-corrected chi connectivity index (χ1v) is 9.84. The molecule has 166 valence electrons. The summed E-state index contributed by atoms with van der Waals surface area (Å²) in [5.74, 6) is -2.06. The summed E-state index contributed by atoms with van der Waals surface area (Å²) >= 11 is 0. The number of carbonyl (C=O) groups is 2. The summed E-state index contributed by atoms with van der Waals surface area (Å²) in [6, 6.07) is 8.95. The number of anilines is 2. The van der Waals surface area contributed by atoms with Crippen molar-refractivity contribution >= 4 is 23.2 Å². The van der Waals surface area contributed by atoms with E-state index in [1.54, 1.807) is 18.2 Å². The third-order valence-corrected chi connectivity index (χ3v) is 5.14. The maximum absolute atomic E-state index is 13.8. The van der Waals surface area contributed by atoms with Gasteiger partial charge in [0.1, 0.15) is 11.9 Å². The smallest absolute Gasteiger partial charge is 0.324 e. The second-order valence-corrected chi connectivity index (χ2v) is 7.74. The molecule has 0 unspecified atom stereocenters. The van der Waals surface area contributed by atoms with Gasteiger partial charge in [0.2, 0.25) is 11.8 Å². The number of halogens is 4. The van der Waals surface area contributed by atoms with E-state index in [2.05, 4.69) is 10.6 Å². The maximum atomic E-state index is 13.8. The van der Waals surface area contributed by atoms with Gasteiger partial charge in [-0.15, -0.1) is 0 Å². The number of rotatable bonds is 5. The number of amides is 2. The van der Waals surface area contributed by atoms with Crippen LogP contribution in [0.5, 0.6) is 0 Å². The molecule has 0 aliphatic carbocycles. The molecule has 0 radical (unpaired) electrons. The zero-order valence-corrected chi connectivity index (χ0v) is 17.0. The molecule has 9 heteroatoms. The van der Waals surface area contributed by atoms with Gasteiger partial charge in [-0.25, -0.2) is 4.39 Å². The van der Waals surface area contributed by atoms with Gasteiger partial charge < -0.3 is 10.6 Å². The molecule has 1 heterocycles. The molecule has 1 aliphatic heterocycles. The molecule has 0 bridgehead atoms. The van der Waals surface area contributed by atoms with Crippen molar-refractivity contribution in [2.75, 3.05) is 16.8 Å². The Kier molecular flexibility index (Phi) is 6.64. The first kappa shape index (κ1) is 22.7. The Morgan fingerprint density at radius 2 is 1.81 bits per heavy atom. The fourth-order valence-corrected chi connectivity index (χ4v) is 3.69. The van der Waals surface area contributed by atoms with Crippen LogP contribution in [0, 0.1) is 11.7 Å². The highest BCUT2D eigenvalue weighted by Gasteiger charge is 2.48. The van der Waals surface area contributed by atoms with Crippen LogP contribution in [-0.2, 0) is 9.59 Å². The van der Waals surface area contributed by atoms with Crippen LogP contribution in [0.2, 0.25) is 0 Å². The largest absolute Gasteiger partial charge is 0.409 e. The molecule has 0 saturated heterocycles. The zero-order chi connectivity index (χ0) is 22.8. The third kappa shape index (κ3) is 5.22. The van der Waals surface area contributed by atoms with E-state index in [9.17, 15) is 27.2 Å². The lowest BCUT2D eigenvalue weighted by Crippen LogP contribution is -2.52. The average molecular weight is 437 g/mol. The lowest BCUT2D eigenvalue weighted by Gasteiger charge is -2.32. The quantitative estimate of drug-likeness (QED) is 0.681. The number of para-hydroxylation sites is 2. The van der Waals surface area contributed by atoms with Crippen LogP contribution in [-0.4, -0.2) is 30.6 Å². The molecular weight excluding hydrogens is 414 g/mol. The highest BCUT2D eigenvalue weighted by Crippen LogP contribution is 2.37. The van der Waals surface area contributed by atoms with Crippen LogP contribution >= 0.6 is 0 Å². The third-order valence-electron chi connectivity index (χ3n) is 5.14. The Balaban J connectivity index is 1.89. The number of nitrogens with one attached hydrogen (secondary N) is 2. The molecule has 2 N–H and O–H groups in total. The van der Waals surface area contributed by atoms with Gasteiger partial charge >= 0.3 is 6.18 Å². The number of nitrogens with zero attached hydrogens (tertiary/aromatic N) is 1. The number of hydrogen-bond acceptors (Lipinski definition) is 3. The summed E-state index contributed by atoms with van der Waals surface area (Å²) < 4.78 is 54.7. The molecule has 3 rings (SSSR count). The van der Waals surface area contributed by atoms with Gasteiger partial charge in [0.25, 0.3) is 0 Å². The second kappa shape index (κ2) is 9.05. The van der Waals surface area contributed by atoms with Crippen molar-refractivity contribution in [3.63, 3.8) is 0 Å². The van der Waals surface area contributed by atoms with Crippen molar-refractivity contribution in [2.24, 2.45) is 5.92 Å². The molecule has 31 heavy (non-hydrogen) atoms. The van der Waals surface area contributed by atoms with Gasteiger partial charge in [0.05, 0.1) is 24.3 Å². The molecule has 5 nitrogen and oxygen atoms in total. The minimum Gasteiger partial charge on any atom is -0.324 e. The number of hydrogen-bond donors (Lipinski definition) is 2. The van der Waals surface area contributed by atoms with Crippen molar-refractivity contribution in [3.8, 4) is 0 Å². The molecule has 2 aromatic rings. The van der Waals surface area contributed by atoms with Gasteiger partial charge in [0, 0.05) is 6.04 Å². The predicted octanol–water partition coefficient (Wildman–Crippen LogP) is 4.42. The van der Waals surface area contributed by atoms with Gasteiger partial charge in [-0.2, -0.15) is 13.2 Å². The molecule has 0 aromatic heterocycles. The highest BCUT2D eigenvalue weighted by atomic mass is 19.4. The lowest BCUT2D eigenvalue weighted by atomic mass is 9.96. The minimum absolute atomic E-state index is 0.00893. The van der Waals surface area contributed by atoms with Crippen LogP contribution in [0.4, 0.5) is 28.9 Å². The number of fused-ring (bicyclic) bond motifs is 1. The Labute approximate surface area is 177 Å². The van der Waals surface area contributed by atoms with Crippen LogP contribution in [0.1, 0.15) is 31.9 Å². The summed E-state index contributed by atoms with van der Waals surface area (Å²) in [4.78, 5) is 25.7. The first-order valence-electron chi connectivity index (χ1n) is 9.84. The Bertz CT molecular complexity index is 945. The Morgan fingerprint density at radius 3 is 2.42 bits per heavy atom. The van der Waals surface area contributed by atoms with Crippen molar-refractivity contribution < 1.29 is 27.2 Å². The molecule has 2 atom stereocenters. The van der Waals surface area contributed by atoms with Crippen molar-refractivity contribution in [1.29, 1.82) is 0 Å². The summed E-state index contributed by atoms with van der Waals surface area (Å²) in [5, 5.41) is 5.43. The van der Waals surface area contributed by atoms with E-state index in [-0.39, 0.29) is 23.3 Å². The zero-order valence-electron chi connectivity index (χ0n) is 17.0. The van der Waals surface area contributed by atoms with E-state index in [1.807, 2.05) is 13.8 Å². The maximum Gasteiger partial charge on any atom is 0.409 e. The molecule has 0 spiro atoms. The monoisotopic (exact) mass is 437 g/mol. The number of benzene rings is 2. The van der Waals surface area contributed by atoms with Gasteiger partial charge in [-0.3, -0.25) is 14.5 Å². The average Bonchev–Trinajstić information content (AvgIpc) is 2.84. The van der Waals surface area contributed by atoms with E-state index in [0.717, 1.165) is 0 Å². The number of alkyl halides is 3. The van der Waals surface area contributed by atoms with Crippen molar-refractivity contribution in [1.82, 2.24) is 5.32 Å². The summed E-state index contributed by atoms with van der Waals surface area (Å²) in [6.07, 6.45) is -5.69. The molecule has 2 amide bonds. The van der Waals surface area contributed by atoms with E-state index in [1.165, 1.54) is 30.3 Å². The normalized spacial score (nSPS) is 17.7.